The van der Waals surface area contributed by atoms with E-state index in [2.05, 4.69) is 62.9 Å². The predicted molar refractivity (Wildman–Crippen MR) is 66.9 cm³/mol. The molecule has 0 amide bonds. The van der Waals surface area contributed by atoms with Crippen LogP contribution >= 0.6 is 42.2 Å². The highest BCUT2D eigenvalue weighted by Crippen LogP contribution is 2.07. The van der Waals surface area contributed by atoms with Gasteiger partial charge in [-0.25, -0.2) is 0 Å². The Hall–Kier alpha value is 1.97. The first-order valence-corrected chi connectivity index (χ1v) is 13.5. The lowest BCUT2D eigenvalue weighted by Gasteiger charge is -2.02. The van der Waals surface area contributed by atoms with Crippen LogP contribution in [-0.2, 0) is 0 Å². The molecule has 0 radical (unpaired) electrons. The molecule has 0 rings (SSSR count). The fourth-order valence-corrected chi connectivity index (χ4v) is 0.697. The molecule has 0 fully saturated rings. The van der Waals surface area contributed by atoms with Crippen molar-refractivity contribution in [3.05, 3.63) is 0 Å². The Labute approximate surface area is 95.9 Å². The molecule has 0 aliphatic heterocycles. The lowest BCUT2D eigenvalue weighted by Crippen LogP contribution is -1.88. The second-order valence-corrected chi connectivity index (χ2v) is 22.3. The number of hydrogen-bond donors (Lipinski definition) is 0. The summed E-state index contributed by atoms with van der Waals surface area (Å²) in [6, 6.07) is 0. The monoisotopic (exact) mass is 364 g/mol. The molecule has 0 bridgehead atoms. The highest BCUT2D eigenvalue weighted by Gasteiger charge is 1.95. The smallest absolute Gasteiger partial charge is 0.181 e. The highest BCUT2D eigenvalue weighted by atomic mass is 80.0. The van der Waals surface area contributed by atoms with E-state index in [1.807, 2.05) is 0 Å². The van der Waals surface area contributed by atoms with Crippen molar-refractivity contribution in [2.45, 2.75) is 40.0 Å². The molecule has 11 heavy (non-hydrogen) atoms. The maximum Gasteiger partial charge on any atom is 0.542 e. The Morgan fingerprint density at radius 3 is 1.64 bits per heavy atom. The first kappa shape index (κ1) is 15.4. The summed E-state index contributed by atoms with van der Waals surface area (Å²) in [5.41, 5.74) is 0. The van der Waals surface area contributed by atoms with Gasteiger partial charge >= 0.3 is 8.67 Å². The van der Waals surface area contributed by atoms with Gasteiger partial charge in [-0.1, -0.05) is 40.0 Å². The van der Waals surface area contributed by atoms with E-state index in [1.165, 1.54) is 19.3 Å². The van der Waals surface area contributed by atoms with Gasteiger partial charge in [0.2, 0.25) is 0 Å². The molecule has 0 heterocycles. The van der Waals surface area contributed by atoms with Crippen molar-refractivity contribution in [1.29, 1.82) is 0 Å². The summed E-state index contributed by atoms with van der Waals surface area (Å²) < 4.78 is 0. The van der Waals surface area contributed by atoms with Gasteiger partial charge in [-0.3, -0.25) is 0 Å². The highest BCUT2D eigenvalue weighted by molar-refractivity contribution is 9.69. The van der Waals surface area contributed by atoms with Crippen LogP contribution in [-0.4, -0.2) is 8.67 Å². The van der Waals surface area contributed by atoms with E-state index in [1.54, 1.807) is 0 Å². The Bertz CT molecular complexity index is 66.0. The summed E-state index contributed by atoms with van der Waals surface area (Å²) in [5.74, 6) is 0.949. The molecule has 0 N–H and O–H groups in total. The van der Waals surface area contributed by atoms with Gasteiger partial charge in [-0.05, 0) is 5.92 Å². The van der Waals surface area contributed by atoms with Crippen molar-refractivity contribution < 1.29 is 0 Å². The standard InChI is InChI=1S/C7H16.Al.3BrH/c1-4-6-7(3)5-2;;;;/h7H,4-6H2,1-3H3;;3*1H/q;+3;;;/p-3. The van der Waals surface area contributed by atoms with Crippen LogP contribution < -0.4 is 0 Å². The van der Waals surface area contributed by atoms with Gasteiger partial charge in [0.15, 0.2) is 0 Å². The van der Waals surface area contributed by atoms with E-state index < -0.39 is 8.67 Å². The quantitative estimate of drug-likeness (QED) is 0.617. The molecular weight excluding hydrogens is 351 g/mol. The van der Waals surface area contributed by atoms with Gasteiger partial charge in [0, 0.05) is 0 Å². The summed E-state index contributed by atoms with van der Waals surface area (Å²) in [6.45, 7) is 6.80. The van der Waals surface area contributed by atoms with Crippen LogP contribution in [0.15, 0.2) is 0 Å². The lowest BCUT2D eigenvalue weighted by molar-refractivity contribution is 0.509. The average molecular weight is 367 g/mol. The van der Waals surface area contributed by atoms with Crippen LogP contribution in [0.4, 0.5) is 0 Å². The average Bonchev–Trinajstić information content (AvgIpc) is 1.87. The van der Waals surface area contributed by atoms with E-state index in [-0.39, 0.29) is 0 Å². The van der Waals surface area contributed by atoms with Crippen molar-refractivity contribution in [3.63, 3.8) is 0 Å². The minimum absolute atomic E-state index is 0.701. The van der Waals surface area contributed by atoms with Crippen LogP contribution in [0.25, 0.3) is 0 Å². The fourth-order valence-electron chi connectivity index (χ4n) is 0.697. The summed E-state index contributed by atoms with van der Waals surface area (Å²) >= 11 is 9.73. The van der Waals surface area contributed by atoms with Crippen molar-refractivity contribution in [2.24, 2.45) is 5.92 Å². The molecule has 0 aliphatic rings. The maximum atomic E-state index is 3.24. The molecule has 0 saturated carbocycles. The van der Waals surface area contributed by atoms with E-state index in [4.69, 9.17) is 0 Å². The molecule has 1 unspecified atom stereocenters. The zero-order valence-electron chi connectivity index (χ0n) is 7.41. The summed E-state index contributed by atoms with van der Waals surface area (Å²) in [4.78, 5) is 0. The molecule has 0 aliphatic carbocycles. The van der Waals surface area contributed by atoms with Crippen LogP contribution in [0.2, 0.25) is 0 Å². The fraction of sp³-hybridized carbons (Fsp3) is 1.00. The Kier molecular flexibility index (Phi) is 16.8. The molecule has 0 aromatic rings. The van der Waals surface area contributed by atoms with Gasteiger partial charge in [0.25, 0.3) is 0 Å². The Morgan fingerprint density at radius 1 is 1.18 bits per heavy atom. The van der Waals surface area contributed by atoms with Crippen molar-refractivity contribution >= 4 is 50.8 Å². The lowest BCUT2D eigenvalue weighted by atomic mass is 10.0. The molecule has 0 saturated heterocycles. The second kappa shape index (κ2) is 12.0. The van der Waals surface area contributed by atoms with Crippen LogP contribution in [0.5, 0.6) is 0 Å². The van der Waals surface area contributed by atoms with Gasteiger partial charge in [-0.15, -0.1) is 0 Å². The summed E-state index contributed by atoms with van der Waals surface area (Å²) in [7, 11) is -0.701. The van der Waals surface area contributed by atoms with Crippen LogP contribution in [0, 0.1) is 5.92 Å². The first-order chi connectivity index (χ1) is 5.04. The Balaban J connectivity index is 0. The summed E-state index contributed by atoms with van der Waals surface area (Å²) in [5, 5.41) is 0. The SMILES string of the molecule is CCCC(C)CC.[Br][Al]([Br])[Br]. The van der Waals surface area contributed by atoms with Crippen LogP contribution in [0.1, 0.15) is 40.0 Å². The molecule has 0 spiro atoms. The van der Waals surface area contributed by atoms with Crippen molar-refractivity contribution in [2.75, 3.05) is 0 Å². The minimum Gasteiger partial charge on any atom is -0.181 e. The van der Waals surface area contributed by atoms with Gasteiger partial charge < -0.3 is 0 Å². The molecule has 4 heteroatoms. The number of rotatable bonds is 3. The summed E-state index contributed by atoms with van der Waals surface area (Å²) in [6.07, 6.45) is 4.08. The van der Waals surface area contributed by atoms with Gasteiger partial charge in [0.05, 0.1) is 0 Å². The zero-order valence-corrected chi connectivity index (χ0v) is 13.3. The van der Waals surface area contributed by atoms with E-state index >= 15 is 0 Å². The third kappa shape index (κ3) is 24.5. The topological polar surface area (TPSA) is 0 Å². The number of hydrogen-bond acceptors (Lipinski definition) is 0. The van der Waals surface area contributed by atoms with E-state index in [0.29, 0.717) is 0 Å². The van der Waals surface area contributed by atoms with E-state index in [0.717, 1.165) is 5.92 Å². The zero-order chi connectivity index (χ0) is 9.28. The molecular formula is C7H16AlBr3. The molecule has 68 valence electrons. The molecule has 1 atom stereocenters. The maximum absolute atomic E-state index is 3.24. The molecule has 0 nitrogen and oxygen atoms in total. The Morgan fingerprint density at radius 2 is 1.55 bits per heavy atom. The van der Waals surface area contributed by atoms with Crippen molar-refractivity contribution in [3.8, 4) is 0 Å². The van der Waals surface area contributed by atoms with E-state index in [9.17, 15) is 0 Å². The third-order valence-corrected chi connectivity index (χ3v) is 1.48. The first-order valence-electron chi connectivity index (χ1n) is 3.96. The normalized spacial score (nSPS) is 11.5. The third-order valence-electron chi connectivity index (χ3n) is 1.48. The van der Waals surface area contributed by atoms with Crippen molar-refractivity contribution in [1.82, 2.24) is 0 Å². The van der Waals surface area contributed by atoms with Crippen LogP contribution in [0.3, 0.4) is 0 Å². The number of halogens is 3. The predicted octanol–water partition coefficient (Wildman–Crippen LogP) is 4.99. The minimum atomic E-state index is -0.701. The molecule has 0 aromatic heterocycles. The van der Waals surface area contributed by atoms with Gasteiger partial charge in [-0.2, -0.15) is 42.2 Å². The largest absolute Gasteiger partial charge is 0.542 e. The second-order valence-electron chi connectivity index (χ2n) is 2.55. The molecule has 0 aromatic carbocycles. The van der Waals surface area contributed by atoms with Gasteiger partial charge in [0.1, 0.15) is 0 Å².